The summed E-state index contributed by atoms with van der Waals surface area (Å²) >= 11 is 6.03. The number of carbonyl (C=O) groups excluding carboxylic acids is 1. The first-order chi connectivity index (χ1) is 13.7. The van der Waals surface area contributed by atoms with Gasteiger partial charge in [-0.25, -0.2) is 4.98 Å². The molecule has 0 spiro atoms. The highest BCUT2D eigenvalue weighted by molar-refractivity contribution is 6.30. The molecule has 146 valence electrons. The number of pyridine rings is 1. The molecule has 1 aliphatic heterocycles. The van der Waals surface area contributed by atoms with E-state index in [0.29, 0.717) is 31.1 Å². The molecule has 1 saturated heterocycles. The number of piperazine rings is 1. The van der Waals surface area contributed by atoms with Crippen LogP contribution in [0.25, 0.3) is 16.9 Å². The summed E-state index contributed by atoms with van der Waals surface area (Å²) in [6.07, 6.45) is 2.24. The van der Waals surface area contributed by atoms with Gasteiger partial charge in [-0.15, -0.1) is 0 Å². The number of aliphatic hydroxyl groups excluding tert-OH is 1. The number of carbonyl (C=O) groups is 1. The van der Waals surface area contributed by atoms with Crippen LogP contribution in [0.3, 0.4) is 0 Å². The molecule has 4 rings (SSSR count). The lowest BCUT2D eigenvalue weighted by Crippen LogP contribution is -2.49. The molecule has 1 N–H and O–H groups in total. The van der Waals surface area contributed by atoms with Crippen LogP contribution in [0.2, 0.25) is 5.02 Å². The molecule has 0 radical (unpaired) electrons. The Kier molecular flexibility index (Phi) is 5.62. The molecule has 1 aromatic carbocycles. The van der Waals surface area contributed by atoms with Crippen molar-refractivity contribution in [3.8, 4) is 11.3 Å². The zero-order valence-corrected chi connectivity index (χ0v) is 16.3. The largest absolute Gasteiger partial charge is 0.395 e. The van der Waals surface area contributed by atoms with Crippen molar-refractivity contribution in [1.82, 2.24) is 19.2 Å². The Labute approximate surface area is 169 Å². The molecule has 28 heavy (non-hydrogen) atoms. The van der Waals surface area contributed by atoms with Crippen LogP contribution in [0.4, 0.5) is 0 Å². The summed E-state index contributed by atoms with van der Waals surface area (Å²) in [4.78, 5) is 21.8. The van der Waals surface area contributed by atoms with E-state index in [1.165, 1.54) is 0 Å². The molecular formula is C21H23ClN4O2. The van der Waals surface area contributed by atoms with Gasteiger partial charge in [-0.05, 0) is 24.3 Å². The normalized spacial score (nSPS) is 15.3. The third-order valence-corrected chi connectivity index (χ3v) is 5.46. The molecule has 7 heteroatoms. The molecule has 6 nitrogen and oxygen atoms in total. The number of rotatable bonds is 5. The second kappa shape index (κ2) is 8.31. The molecule has 0 bridgehead atoms. The fourth-order valence-electron chi connectivity index (χ4n) is 3.67. The van der Waals surface area contributed by atoms with E-state index in [1.807, 2.05) is 58.0 Å². The van der Waals surface area contributed by atoms with Crippen molar-refractivity contribution in [2.75, 3.05) is 39.3 Å². The Morgan fingerprint density at radius 2 is 1.82 bits per heavy atom. The van der Waals surface area contributed by atoms with Gasteiger partial charge in [0.1, 0.15) is 5.65 Å². The SMILES string of the molecule is O=C(Cc1c(-c2ccc(Cl)cc2)nc2ccccn12)N1CCN(CCO)CC1. The van der Waals surface area contributed by atoms with Crippen LogP contribution in [0.1, 0.15) is 5.69 Å². The predicted molar refractivity (Wildman–Crippen MR) is 109 cm³/mol. The van der Waals surface area contributed by atoms with Crippen molar-refractivity contribution in [1.29, 1.82) is 0 Å². The predicted octanol–water partition coefficient (Wildman–Crippen LogP) is 2.33. The third-order valence-electron chi connectivity index (χ3n) is 5.21. The van der Waals surface area contributed by atoms with Crippen LogP contribution in [-0.2, 0) is 11.2 Å². The van der Waals surface area contributed by atoms with E-state index in [0.717, 1.165) is 35.7 Å². The van der Waals surface area contributed by atoms with E-state index in [4.69, 9.17) is 21.7 Å². The molecule has 1 aliphatic rings. The van der Waals surface area contributed by atoms with E-state index in [-0.39, 0.29) is 12.5 Å². The van der Waals surface area contributed by atoms with Crippen molar-refractivity contribution in [2.24, 2.45) is 0 Å². The number of aliphatic hydroxyl groups is 1. The summed E-state index contributed by atoms with van der Waals surface area (Å²) in [6.45, 7) is 3.78. The zero-order chi connectivity index (χ0) is 19.5. The fraction of sp³-hybridized carbons (Fsp3) is 0.333. The number of β-amino-alcohol motifs (C(OH)–C–C–N with tert-alkyl or cyclic N) is 1. The third kappa shape index (κ3) is 3.90. The molecule has 3 aromatic rings. The number of halogens is 1. The van der Waals surface area contributed by atoms with Gasteiger partial charge in [-0.2, -0.15) is 0 Å². The average molecular weight is 399 g/mol. The van der Waals surface area contributed by atoms with Crippen LogP contribution in [0, 0.1) is 0 Å². The minimum Gasteiger partial charge on any atom is -0.395 e. The van der Waals surface area contributed by atoms with Crippen molar-refractivity contribution < 1.29 is 9.90 Å². The number of fused-ring (bicyclic) bond motifs is 1. The number of nitrogens with zero attached hydrogens (tertiary/aromatic N) is 4. The molecule has 2 aromatic heterocycles. The Morgan fingerprint density at radius 3 is 2.54 bits per heavy atom. The quantitative estimate of drug-likeness (QED) is 0.716. The summed E-state index contributed by atoms with van der Waals surface area (Å²) in [5, 5.41) is 9.75. The number of imidazole rings is 1. The monoisotopic (exact) mass is 398 g/mol. The summed E-state index contributed by atoms with van der Waals surface area (Å²) < 4.78 is 1.99. The van der Waals surface area contributed by atoms with E-state index in [9.17, 15) is 4.79 Å². The van der Waals surface area contributed by atoms with Crippen molar-refractivity contribution >= 4 is 23.2 Å². The van der Waals surface area contributed by atoms with Gasteiger partial charge < -0.3 is 14.4 Å². The molecule has 1 amide bonds. The summed E-state index contributed by atoms with van der Waals surface area (Å²) in [6, 6.07) is 13.4. The second-order valence-electron chi connectivity index (χ2n) is 6.97. The van der Waals surface area contributed by atoms with Crippen LogP contribution >= 0.6 is 11.6 Å². The van der Waals surface area contributed by atoms with Gasteiger partial charge in [0.25, 0.3) is 0 Å². The Bertz CT molecular complexity index is 962. The zero-order valence-electron chi connectivity index (χ0n) is 15.6. The lowest BCUT2D eigenvalue weighted by molar-refractivity contribution is -0.132. The van der Waals surface area contributed by atoms with Crippen molar-refractivity contribution in [2.45, 2.75) is 6.42 Å². The van der Waals surface area contributed by atoms with Gasteiger partial charge in [0.15, 0.2) is 0 Å². The molecule has 3 heterocycles. The maximum absolute atomic E-state index is 13.0. The van der Waals surface area contributed by atoms with Crippen LogP contribution in [0.5, 0.6) is 0 Å². The minimum atomic E-state index is 0.101. The molecule has 0 atom stereocenters. The second-order valence-corrected chi connectivity index (χ2v) is 7.40. The minimum absolute atomic E-state index is 0.101. The van der Waals surface area contributed by atoms with Gasteiger partial charge >= 0.3 is 0 Å². The maximum Gasteiger partial charge on any atom is 0.228 e. The van der Waals surface area contributed by atoms with Crippen LogP contribution in [0.15, 0.2) is 48.7 Å². The Balaban J connectivity index is 1.60. The topological polar surface area (TPSA) is 61.1 Å². The molecule has 1 fully saturated rings. The van der Waals surface area contributed by atoms with E-state index in [2.05, 4.69) is 4.90 Å². The lowest BCUT2D eigenvalue weighted by Gasteiger charge is -2.34. The Morgan fingerprint density at radius 1 is 1.07 bits per heavy atom. The number of aromatic nitrogens is 2. The maximum atomic E-state index is 13.0. The first kappa shape index (κ1) is 18.9. The van der Waals surface area contributed by atoms with E-state index < -0.39 is 0 Å². The highest BCUT2D eigenvalue weighted by atomic mass is 35.5. The highest BCUT2D eigenvalue weighted by Gasteiger charge is 2.24. The Hall–Kier alpha value is -2.41. The van der Waals surface area contributed by atoms with Crippen LogP contribution < -0.4 is 0 Å². The van der Waals surface area contributed by atoms with Crippen LogP contribution in [-0.4, -0.2) is 69.5 Å². The van der Waals surface area contributed by atoms with Gasteiger partial charge in [-0.1, -0.05) is 29.8 Å². The van der Waals surface area contributed by atoms with E-state index >= 15 is 0 Å². The van der Waals surface area contributed by atoms with E-state index in [1.54, 1.807) is 0 Å². The van der Waals surface area contributed by atoms with Gasteiger partial charge in [-0.3, -0.25) is 9.69 Å². The summed E-state index contributed by atoms with van der Waals surface area (Å²) in [7, 11) is 0. The first-order valence-electron chi connectivity index (χ1n) is 9.48. The van der Waals surface area contributed by atoms with Gasteiger partial charge in [0.2, 0.25) is 5.91 Å². The molecule has 0 aliphatic carbocycles. The average Bonchev–Trinajstić information content (AvgIpc) is 3.08. The number of amides is 1. The number of hydrogen-bond donors (Lipinski definition) is 1. The molecule has 0 unspecified atom stereocenters. The number of hydrogen-bond acceptors (Lipinski definition) is 4. The number of benzene rings is 1. The first-order valence-corrected chi connectivity index (χ1v) is 9.86. The van der Waals surface area contributed by atoms with Gasteiger partial charge in [0, 0.05) is 49.5 Å². The fourth-order valence-corrected chi connectivity index (χ4v) is 3.80. The lowest BCUT2D eigenvalue weighted by atomic mass is 10.1. The smallest absolute Gasteiger partial charge is 0.228 e. The summed E-state index contributed by atoms with van der Waals surface area (Å²) in [5.74, 6) is 0.101. The van der Waals surface area contributed by atoms with Crippen molar-refractivity contribution in [3.05, 3.63) is 59.4 Å². The highest BCUT2D eigenvalue weighted by Crippen LogP contribution is 2.26. The van der Waals surface area contributed by atoms with Crippen molar-refractivity contribution in [3.63, 3.8) is 0 Å². The summed E-state index contributed by atoms with van der Waals surface area (Å²) in [5.41, 5.74) is 3.47. The molecular weight excluding hydrogens is 376 g/mol. The molecule has 0 saturated carbocycles. The van der Waals surface area contributed by atoms with Gasteiger partial charge in [0.05, 0.1) is 24.4 Å². The standard InChI is InChI=1S/C21H23ClN4O2/c22-17-6-4-16(5-7-17)21-18(26-8-2-1-3-19(26)23-21)15-20(28)25-11-9-24(10-12-25)13-14-27/h1-8,27H,9-15H2.